The molecule has 4 amide bonds. The summed E-state index contributed by atoms with van der Waals surface area (Å²) in [6.07, 6.45) is 4.65. The highest BCUT2D eigenvalue weighted by Crippen LogP contribution is 2.47. The van der Waals surface area contributed by atoms with Crippen molar-refractivity contribution in [1.82, 2.24) is 25.8 Å². The number of esters is 1. The summed E-state index contributed by atoms with van der Waals surface area (Å²) in [6.45, 7) is 8.38. The lowest BCUT2D eigenvalue weighted by molar-refractivity contribution is -0.146. The van der Waals surface area contributed by atoms with E-state index in [2.05, 4.69) is 27.6 Å². The molecule has 0 aliphatic carbocycles. The van der Waals surface area contributed by atoms with E-state index >= 15 is 0 Å². The van der Waals surface area contributed by atoms with Crippen molar-refractivity contribution in [2.24, 2.45) is 11.7 Å². The lowest BCUT2D eigenvalue weighted by Crippen LogP contribution is -2.51. The number of nitrogens with one attached hydrogen (secondary N) is 3. The molecule has 0 bridgehead atoms. The van der Waals surface area contributed by atoms with Crippen LogP contribution in [0.5, 0.6) is 0 Å². The third-order valence-corrected chi connectivity index (χ3v) is 12.2. The van der Waals surface area contributed by atoms with Gasteiger partial charge in [-0.3, -0.25) is 33.4 Å². The highest BCUT2D eigenvalue weighted by Gasteiger charge is 2.38. The monoisotopic (exact) mass is 858 g/mol. The van der Waals surface area contributed by atoms with Crippen LogP contribution < -0.4 is 21.7 Å². The second-order valence-corrected chi connectivity index (χ2v) is 17.9. The normalized spacial score (nSPS) is 18.0. The first-order chi connectivity index (χ1) is 28.7. The molecular formula is C43H67N6O10P. The predicted octanol–water partition coefficient (Wildman–Crippen LogP) is 3.34. The molecule has 2 heterocycles. The van der Waals surface area contributed by atoms with E-state index in [4.69, 9.17) is 10.5 Å². The Morgan fingerprint density at radius 2 is 1.55 bits per heavy atom. The van der Waals surface area contributed by atoms with Crippen LogP contribution in [-0.4, -0.2) is 121 Å². The van der Waals surface area contributed by atoms with E-state index in [9.17, 15) is 38.2 Å². The minimum Gasteiger partial charge on any atom is -0.467 e. The lowest BCUT2D eigenvalue weighted by Gasteiger charge is -2.28. The molecule has 60 heavy (non-hydrogen) atoms. The molecule has 0 spiro atoms. The van der Waals surface area contributed by atoms with Gasteiger partial charge >= 0.3 is 5.97 Å². The molecule has 16 nitrogen and oxygen atoms in total. The van der Waals surface area contributed by atoms with E-state index in [0.717, 1.165) is 30.6 Å². The van der Waals surface area contributed by atoms with Gasteiger partial charge in [0, 0.05) is 25.5 Å². The number of hydrogen-bond donors (Lipinski definition) is 5. The summed E-state index contributed by atoms with van der Waals surface area (Å²) in [6, 6.07) is 16.5. The number of rotatable bonds is 20. The van der Waals surface area contributed by atoms with Gasteiger partial charge in [0.1, 0.15) is 24.5 Å². The first-order valence-corrected chi connectivity index (χ1v) is 22.7. The number of amides is 4. The van der Waals surface area contributed by atoms with Crippen LogP contribution in [0.3, 0.4) is 0 Å². The van der Waals surface area contributed by atoms with Crippen LogP contribution in [-0.2, 0) is 55.8 Å². The molecule has 2 saturated heterocycles. The summed E-state index contributed by atoms with van der Waals surface area (Å²) in [5, 5.41) is 7.96. The predicted molar refractivity (Wildman–Crippen MR) is 229 cm³/mol. The van der Waals surface area contributed by atoms with Crippen LogP contribution in [0.2, 0.25) is 0 Å². The van der Waals surface area contributed by atoms with Gasteiger partial charge in [-0.05, 0) is 75.7 Å². The van der Waals surface area contributed by atoms with E-state index in [1.807, 2.05) is 62.2 Å². The highest BCUT2D eigenvalue weighted by atomic mass is 31.2. The van der Waals surface area contributed by atoms with Gasteiger partial charge in [-0.1, -0.05) is 87.9 Å². The molecule has 2 aromatic carbocycles. The van der Waals surface area contributed by atoms with E-state index in [0.29, 0.717) is 45.3 Å². The maximum Gasteiger partial charge on any atom is 0.328 e. The van der Waals surface area contributed by atoms with Crippen molar-refractivity contribution in [1.29, 1.82) is 0 Å². The van der Waals surface area contributed by atoms with Crippen LogP contribution in [0.4, 0.5) is 0 Å². The molecule has 0 aromatic heterocycles. The average Bonchev–Trinajstić information content (AvgIpc) is 3.91. The largest absolute Gasteiger partial charge is 0.467 e. The topological polar surface area (TPSA) is 227 Å². The van der Waals surface area contributed by atoms with Gasteiger partial charge in [0.2, 0.25) is 31.0 Å². The van der Waals surface area contributed by atoms with Crippen LogP contribution in [0.1, 0.15) is 83.3 Å². The number of carbonyl (C=O) groups excluding carboxylic acids is 6. The Balaban J connectivity index is 0.000000693. The third-order valence-electron chi connectivity index (χ3n) is 10.1. The van der Waals surface area contributed by atoms with Gasteiger partial charge in [0.15, 0.2) is 0 Å². The molecule has 4 rings (SSSR count). The Morgan fingerprint density at radius 1 is 0.933 bits per heavy atom. The number of nitrogens with two attached hydrogens (primary N) is 1. The van der Waals surface area contributed by atoms with Gasteiger partial charge in [0.25, 0.3) is 6.47 Å². The Hall–Kier alpha value is -4.63. The van der Waals surface area contributed by atoms with Crippen LogP contribution >= 0.6 is 7.37 Å². The number of likely N-dealkylation sites (tertiary alicyclic amines) is 2. The molecule has 2 fully saturated rings. The summed E-state index contributed by atoms with van der Waals surface area (Å²) >= 11 is 0. The van der Waals surface area contributed by atoms with E-state index in [-0.39, 0.29) is 37.3 Å². The molecule has 0 saturated carbocycles. The molecule has 2 aliphatic rings. The fraction of sp³-hybridized carbons (Fsp3) is 0.581. The Morgan fingerprint density at radius 3 is 2.08 bits per heavy atom. The Bertz CT molecular complexity index is 1670. The Kier molecular flexibility index (Phi) is 24.0. The van der Waals surface area contributed by atoms with Crippen LogP contribution in [0.15, 0.2) is 60.7 Å². The standard InChI is InChI=1S/C31H48N5O8P.C8H8O2.C4H11N/c1-21(2)18-23(31(41)44-4)33-30(40)25-13-9-16-36(25)28(38)14-17-45(42,43)27(19-22-10-6-5-7-11-22)34-26(37)20-32-29(39)24-12-8-15-35(24)3;9-7-10-6-8-4-2-1-3-5-8;1-2-3-4-5/h5-7,10-11,21,23-25,27H,8-9,12-20H2,1-4H3,(H,32,39)(H,33,40)(H,34,37)(H,42,43);1-5,7H,6H2;2-5H2,1H3. The van der Waals surface area contributed by atoms with Gasteiger partial charge in [-0.2, -0.15) is 0 Å². The number of ether oxygens (including phenoxy) is 2. The van der Waals surface area contributed by atoms with Gasteiger partial charge in [-0.15, -0.1) is 0 Å². The first kappa shape index (κ1) is 51.5. The zero-order valence-corrected chi connectivity index (χ0v) is 36.8. The zero-order valence-electron chi connectivity index (χ0n) is 35.9. The SMILES string of the molecule is CCCCN.COC(=O)C(CC(C)C)NC(=O)C1CCCN1C(=O)CCP(=O)(O)C(Cc1ccccc1)NC(=O)CNC(=O)C1CCCN1C.O=COCc1ccccc1. The summed E-state index contributed by atoms with van der Waals surface area (Å²) < 4.78 is 23.0. The number of unbranched alkanes of at least 4 members (excludes halogenated alkanes) is 1. The van der Waals surface area contributed by atoms with Crippen molar-refractivity contribution >= 4 is 43.4 Å². The van der Waals surface area contributed by atoms with Crippen molar-refractivity contribution in [2.75, 3.05) is 46.5 Å². The minimum absolute atomic E-state index is 0.0490. The van der Waals surface area contributed by atoms with E-state index in [1.54, 1.807) is 24.3 Å². The maximum absolute atomic E-state index is 13.7. The highest BCUT2D eigenvalue weighted by molar-refractivity contribution is 7.58. The number of likely N-dealkylation sites (N-methyl/N-ethyl adjacent to an activating group) is 1. The van der Waals surface area contributed by atoms with E-state index in [1.165, 1.54) is 24.9 Å². The molecule has 0 radical (unpaired) electrons. The fourth-order valence-electron chi connectivity index (χ4n) is 6.79. The summed E-state index contributed by atoms with van der Waals surface area (Å²) in [5.74, 6) is -3.45. The molecule has 17 heteroatoms. The number of benzene rings is 2. The summed E-state index contributed by atoms with van der Waals surface area (Å²) in [4.78, 5) is 88.2. The maximum atomic E-state index is 13.7. The van der Waals surface area contributed by atoms with Crippen LogP contribution in [0.25, 0.3) is 0 Å². The van der Waals surface area contributed by atoms with Crippen LogP contribution in [0, 0.1) is 5.92 Å². The zero-order chi connectivity index (χ0) is 44.5. The van der Waals surface area contributed by atoms with Gasteiger partial charge < -0.3 is 41.0 Å². The molecular weight excluding hydrogens is 791 g/mol. The Labute approximate surface area is 355 Å². The lowest BCUT2D eigenvalue weighted by atomic mass is 10.0. The second-order valence-electron chi connectivity index (χ2n) is 15.4. The molecule has 2 aliphatic heterocycles. The minimum atomic E-state index is -4.16. The van der Waals surface area contributed by atoms with Crippen molar-refractivity contribution in [3.8, 4) is 0 Å². The summed E-state index contributed by atoms with van der Waals surface area (Å²) in [7, 11) is -1.06. The third kappa shape index (κ3) is 18.7. The molecule has 334 valence electrons. The van der Waals surface area contributed by atoms with Crippen molar-refractivity contribution in [3.63, 3.8) is 0 Å². The average molecular weight is 859 g/mol. The van der Waals surface area contributed by atoms with Crippen molar-refractivity contribution in [2.45, 2.75) is 109 Å². The molecule has 2 aromatic rings. The second kappa shape index (κ2) is 28.0. The number of carbonyl (C=O) groups is 6. The smallest absolute Gasteiger partial charge is 0.328 e. The number of methoxy groups -OCH3 is 1. The number of hydrogen-bond acceptors (Lipinski definition) is 11. The molecule has 5 unspecified atom stereocenters. The number of nitrogens with zero attached hydrogens (tertiary/aromatic N) is 2. The fourth-order valence-corrected chi connectivity index (χ4v) is 8.46. The summed E-state index contributed by atoms with van der Waals surface area (Å²) in [5.41, 5.74) is 6.87. The van der Waals surface area contributed by atoms with Gasteiger partial charge in [0.05, 0.1) is 19.7 Å². The molecule has 5 atom stereocenters. The van der Waals surface area contributed by atoms with Crippen molar-refractivity contribution < 1.29 is 47.7 Å². The first-order valence-electron chi connectivity index (χ1n) is 20.8. The van der Waals surface area contributed by atoms with Crippen molar-refractivity contribution in [3.05, 3.63) is 71.8 Å². The van der Waals surface area contributed by atoms with Gasteiger partial charge in [-0.25, -0.2) is 4.79 Å². The molecule has 6 N–H and O–H groups in total. The quantitative estimate of drug-likeness (QED) is 0.0735. The van der Waals surface area contributed by atoms with E-state index < -0.39 is 55.1 Å².